The van der Waals surface area contributed by atoms with Gasteiger partial charge in [-0.3, -0.25) is 9.59 Å². The Morgan fingerprint density at radius 3 is 1.91 bits per heavy atom. The molecule has 0 heterocycles. The lowest BCUT2D eigenvalue weighted by molar-refractivity contribution is -0.368. The van der Waals surface area contributed by atoms with Crippen molar-refractivity contribution in [2.75, 3.05) is 6.61 Å². The van der Waals surface area contributed by atoms with Gasteiger partial charge in [-0.25, -0.2) is 4.79 Å². The minimum absolute atomic E-state index is 0.293. The van der Waals surface area contributed by atoms with Crippen LogP contribution in [-0.2, 0) is 28.6 Å². The van der Waals surface area contributed by atoms with Crippen LogP contribution in [-0.4, -0.2) is 59.3 Å². The molecule has 186 valence electrons. The lowest BCUT2D eigenvalue weighted by Gasteiger charge is -2.38. The highest BCUT2D eigenvalue weighted by atomic mass is 19.4. The number of aliphatic hydroxyl groups is 1. The van der Waals surface area contributed by atoms with Crippen LogP contribution in [0.1, 0.15) is 59.3 Å². The summed E-state index contributed by atoms with van der Waals surface area (Å²) in [7, 11) is 0. The molecule has 0 amide bonds. The second-order valence-corrected chi connectivity index (χ2v) is 7.99. The quantitative estimate of drug-likeness (QED) is 0.322. The third-order valence-electron chi connectivity index (χ3n) is 5.26. The van der Waals surface area contributed by atoms with E-state index in [9.17, 15) is 40.7 Å². The zero-order chi connectivity index (χ0) is 25.0. The summed E-state index contributed by atoms with van der Waals surface area (Å²) in [4.78, 5) is 35.1. The first-order valence-corrected chi connectivity index (χ1v) is 9.90. The van der Waals surface area contributed by atoms with Gasteiger partial charge in [-0.05, 0) is 32.1 Å². The molecule has 0 unspecified atom stereocenters. The third-order valence-corrected chi connectivity index (χ3v) is 5.26. The van der Waals surface area contributed by atoms with E-state index in [4.69, 9.17) is 14.6 Å². The molecule has 1 rings (SSSR count). The molecule has 0 bridgehead atoms. The molecule has 0 aromatic heterocycles. The Kier molecular flexibility index (Phi) is 8.97. The lowest BCUT2D eigenvalue weighted by Crippen LogP contribution is -2.58. The molecule has 1 saturated carbocycles. The third kappa shape index (κ3) is 6.97. The van der Waals surface area contributed by atoms with E-state index in [-0.39, 0.29) is 18.0 Å². The van der Waals surface area contributed by atoms with E-state index in [2.05, 4.69) is 4.74 Å². The number of halogens is 6. The number of ether oxygens (including phenoxy) is 3. The van der Waals surface area contributed by atoms with Crippen LogP contribution in [0, 0.1) is 5.92 Å². The van der Waals surface area contributed by atoms with Crippen molar-refractivity contribution < 1.29 is 60.0 Å². The van der Waals surface area contributed by atoms with Gasteiger partial charge in [0.25, 0.3) is 5.60 Å². The number of rotatable bonds is 8. The van der Waals surface area contributed by atoms with E-state index >= 15 is 0 Å². The second kappa shape index (κ2) is 10.3. The molecule has 1 fully saturated rings. The smallest absolute Gasteiger partial charge is 0.426 e. The van der Waals surface area contributed by atoms with Crippen molar-refractivity contribution in [3.8, 4) is 0 Å². The van der Waals surface area contributed by atoms with Gasteiger partial charge < -0.3 is 19.3 Å². The lowest BCUT2D eigenvalue weighted by atomic mass is 9.81. The Labute approximate surface area is 180 Å². The van der Waals surface area contributed by atoms with E-state index in [0.29, 0.717) is 32.1 Å². The number of hydrogen-bond acceptors (Lipinski definition) is 7. The summed E-state index contributed by atoms with van der Waals surface area (Å²) < 4.78 is 90.5. The van der Waals surface area contributed by atoms with Crippen LogP contribution >= 0.6 is 0 Å². The van der Waals surface area contributed by atoms with Gasteiger partial charge in [0.05, 0.1) is 12.3 Å². The van der Waals surface area contributed by atoms with Gasteiger partial charge in [-0.1, -0.05) is 20.8 Å². The first-order chi connectivity index (χ1) is 14.5. The molecular formula is C19H26F6O7. The number of hydrogen-bond donors (Lipinski definition) is 1. The van der Waals surface area contributed by atoms with Crippen LogP contribution in [0.3, 0.4) is 0 Å². The van der Waals surface area contributed by atoms with Gasteiger partial charge in [0.15, 0.2) is 6.61 Å². The van der Waals surface area contributed by atoms with E-state index in [1.54, 1.807) is 20.8 Å². The predicted octanol–water partition coefficient (Wildman–Crippen LogP) is 3.61. The SMILES string of the molecule is CCC1(OC(=O)COC(=O)CC(O)(C(F)(F)F)C(F)(F)F)CCC(OC(=O)C(C)C)CC1. The topological polar surface area (TPSA) is 99.1 Å². The molecule has 7 nitrogen and oxygen atoms in total. The highest BCUT2D eigenvalue weighted by Gasteiger charge is 2.71. The Balaban J connectivity index is 2.62. The van der Waals surface area contributed by atoms with Crippen LogP contribution in [0.5, 0.6) is 0 Å². The minimum atomic E-state index is -6.19. The van der Waals surface area contributed by atoms with Crippen molar-refractivity contribution in [1.29, 1.82) is 0 Å². The molecule has 0 saturated heterocycles. The number of alkyl halides is 6. The summed E-state index contributed by atoms with van der Waals surface area (Å²) in [6, 6.07) is 0. The van der Waals surface area contributed by atoms with Crippen molar-refractivity contribution in [2.24, 2.45) is 5.92 Å². The summed E-state index contributed by atoms with van der Waals surface area (Å²) in [5.74, 6) is -3.93. The molecule has 1 aliphatic rings. The van der Waals surface area contributed by atoms with Gasteiger partial charge in [0.1, 0.15) is 11.7 Å². The summed E-state index contributed by atoms with van der Waals surface area (Å²) in [6.45, 7) is 3.83. The molecule has 13 heteroatoms. The van der Waals surface area contributed by atoms with E-state index in [1.165, 1.54) is 0 Å². The van der Waals surface area contributed by atoms with E-state index in [1.807, 2.05) is 0 Å². The van der Waals surface area contributed by atoms with Gasteiger partial charge in [-0.15, -0.1) is 0 Å². The zero-order valence-electron chi connectivity index (χ0n) is 17.8. The Bertz CT molecular complexity index is 665. The fourth-order valence-corrected chi connectivity index (χ4v) is 3.09. The number of carbonyl (C=O) groups excluding carboxylic acids is 3. The summed E-state index contributed by atoms with van der Waals surface area (Å²) in [5, 5.41) is 8.98. The fourth-order valence-electron chi connectivity index (χ4n) is 3.09. The van der Waals surface area contributed by atoms with Gasteiger partial charge >= 0.3 is 30.3 Å². The first-order valence-electron chi connectivity index (χ1n) is 9.90. The van der Waals surface area contributed by atoms with Crippen LogP contribution < -0.4 is 0 Å². The molecule has 0 atom stereocenters. The van der Waals surface area contributed by atoms with Gasteiger partial charge in [0, 0.05) is 0 Å². The molecule has 0 aromatic rings. The monoisotopic (exact) mass is 480 g/mol. The summed E-state index contributed by atoms with van der Waals surface area (Å²) in [5.41, 5.74) is -6.31. The molecule has 0 spiro atoms. The minimum Gasteiger partial charge on any atom is -0.462 e. The van der Waals surface area contributed by atoms with Crippen molar-refractivity contribution in [2.45, 2.75) is 89.0 Å². The normalized spacial score (nSPS) is 22.4. The molecule has 0 aromatic carbocycles. The zero-order valence-corrected chi connectivity index (χ0v) is 17.8. The number of esters is 3. The standard InChI is InChI=1S/C19H26F6O7/c1-4-16(7-5-12(6-8-16)31-15(28)11(2)3)32-14(27)10-30-13(26)9-17(29,18(20,21)22)19(23,24)25/h11-12,29H,4-10H2,1-3H3. The largest absolute Gasteiger partial charge is 0.462 e. The summed E-state index contributed by atoms with van der Waals surface area (Å²) in [6.07, 6.45) is -13.5. The van der Waals surface area contributed by atoms with E-state index < -0.39 is 48.5 Å². The van der Waals surface area contributed by atoms with Gasteiger partial charge in [-0.2, -0.15) is 26.3 Å². The van der Waals surface area contributed by atoms with Crippen LogP contribution in [0.4, 0.5) is 26.3 Å². The molecule has 1 N–H and O–H groups in total. The average Bonchev–Trinajstić information content (AvgIpc) is 2.66. The highest BCUT2D eigenvalue weighted by Crippen LogP contribution is 2.45. The molecule has 32 heavy (non-hydrogen) atoms. The second-order valence-electron chi connectivity index (χ2n) is 7.99. The summed E-state index contributed by atoms with van der Waals surface area (Å²) >= 11 is 0. The maximum Gasteiger partial charge on any atom is 0.426 e. The highest BCUT2D eigenvalue weighted by molar-refractivity contribution is 5.77. The molecular weight excluding hydrogens is 454 g/mol. The van der Waals surface area contributed by atoms with Crippen molar-refractivity contribution >= 4 is 17.9 Å². The fraction of sp³-hybridized carbons (Fsp3) is 0.842. The Morgan fingerprint density at radius 2 is 1.50 bits per heavy atom. The van der Waals surface area contributed by atoms with Crippen LogP contribution in [0.25, 0.3) is 0 Å². The van der Waals surface area contributed by atoms with Gasteiger partial charge in [0.2, 0.25) is 0 Å². The van der Waals surface area contributed by atoms with Crippen LogP contribution in [0.2, 0.25) is 0 Å². The number of carbonyl (C=O) groups is 3. The van der Waals surface area contributed by atoms with Crippen molar-refractivity contribution in [1.82, 2.24) is 0 Å². The molecule has 1 aliphatic carbocycles. The Hall–Kier alpha value is -2.05. The Morgan fingerprint density at radius 1 is 1.00 bits per heavy atom. The first kappa shape index (κ1) is 28.0. The maximum absolute atomic E-state index is 12.6. The predicted molar refractivity (Wildman–Crippen MR) is 94.9 cm³/mol. The molecule has 0 radical (unpaired) electrons. The van der Waals surface area contributed by atoms with Crippen molar-refractivity contribution in [3.05, 3.63) is 0 Å². The maximum atomic E-state index is 12.6. The molecule has 0 aliphatic heterocycles. The van der Waals surface area contributed by atoms with Crippen LogP contribution in [0.15, 0.2) is 0 Å². The van der Waals surface area contributed by atoms with Crippen molar-refractivity contribution in [3.63, 3.8) is 0 Å². The average molecular weight is 480 g/mol. The van der Waals surface area contributed by atoms with E-state index in [0.717, 1.165) is 0 Å².